The lowest BCUT2D eigenvalue weighted by molar-refractivity contribution is -0.384. The average Bonchev–Trinajstić information content (AvgIpc) is 2.63. The molecule has 0 aromatic heterocycles. The summed E-state index contributed by atoms with van der Waals surface area (Å²) in [5, 5.41) is 12.7. The zero-order valence-corrected chi connectivity index (χ0v) is 11.0. The first-order valence-corrected chi connectivity index (χ1v) is 7.23. The predicted molar refractivity (Wildman–Crippen MR) is 70.2 cm³/mol. The number of nitro benzene ring substituents is 1. The van der Waals surface area contributed by atoms with Crippen molar-refractivity contribution in [1.82, 2.24) is 5.32 Å². The van der Waals surface area contributed by atoms with Gasteiger partial charge in [0.2, 0.25) is 5.91 Å². The first-order valence-electron chi connectivity index (χ1n) is 6.02. The Balaban J connectivity index is 2.18. The number of nitrogens with zero attached hydrogens (tertiary/aromatic N) is 1. The molecule has 102 valence electrons. The van der Waals surface area contributed by atoms with Crippen LogP contribution in [-0.4, -0.2) is 26.8 Å². The summed E-state index contributed by atoms with van der Waals surface area (Å²) >= 11 is 0. The summed E-state index contributed by atoms with van der Waals surface area (Å²) in [6.45, 7) is 0.618. The van der Waals surface area contributed by atoms with Crippen LogP contribution in [0.15, 0.2) is 29.2 Å². The molecule has 19 heavy (non-hydrogen) atoms. The van der Waals surface area contributed by atoms with E-state index in [0.29, 0.717) is 17.9 Å². The number of amides is 1. The van der Waals surface area contributed by atoms with Crippen molar-refractivity contribution in [1.29, 1.82) is 0 Å². The second-order valence-corrected chi connectivity index (χ2v) is 5.96. The van der Waals surface area contributed by atoms with Crippen LogP contribution in [0.3, 0.4) is 0 Å². The molecule has 0 bridgehead atoms. The highest BCUT2D eigenvalue weighted by atomic mass is 32.2. The zero-order chi connectivity index (χ0) is 13.8. The molecule has 0 aliphatic carbocycles. The first kappa shape index (κ1) is 13.7. The van der Waals surface area contributed by atoms with Crippen molar-refractivity contribution in [2.24, 2.45) is 0 Å². The highest BCUT2D eigenvalue weighted by Gasteiger charge is 2.27. The number of hydrogen-bond acceptors (Lipinski definition) is 4. The molecule has 1 aromatic carbocycles. The SMILES string of the molecule is O=C1NCCCCC1S(=O)c1ccc([N+](=O)[O-])cc1. The van der Waals surface area contributed by atoms with Crippen LogP contribution in [0.4, 0.5) is 5.69 Å². The second kappa shape index (κ2) is 5.92. The van der Waals surface area contributed by atoms with Crippen molar-refractivity contribution in [2.45, 2.75) is 29.4 Å². The monoisotopic (exact) mass is 282 g/mol. The third-order valence-corrected chi connectivity index (χ3v) is 4.73. The fraction of sp³-hybridized carbons (Fsp3) is 0.417. The summed E-state index contributed by atoms with van der Waals surface area (Å²) in [5.74, 6) is -0.200. The van der Waals surface area contributed by atoms with Crippen molar-refractivity contribution >= 4 is 22.4 Å². The van der Waals surface area contributed by atoms with E-state index in [2.05, 4.69) is 5.32 Å². The maximum Gasteiger partial charge on any atom is 0.269 e. The van der Waals surface area contributed by atoms with Gasteiger partial charge in [-0.15, -0.1) is 0 Å². The van der Waals surface area contributed by atoms with Gasteiger partial charge in [0.05, 0.1) is 15.7 Å². The predicted octanol–water partition coefficient (Wildman–Crippen LogP) is 1.37. The number of rotatable bonds is 3. The third-order valence-electron chi connectivity index (χ3n) is 3.02. The molecule has 1 N–H and O–H groups in total. The second-order valence-electron chi connectivity index (χ2n) is 4.32. The van der Waals surface area contributed by atoms with Crippen molar-refractivity contribution in [3.8, 4) is 0 Å². The van der Waals surface area contributed by atoms with Crippen molar-refractivity contribution < 1.29 is 13.9 Å². The van der Waals surface area contributed by atoms with Crippen LogP contribution in [0.1, 0.15) is 19.3 Å². The average molecular weight is 282 g/mol. The summed E-state index contributed by atoms with van der Waals surface area (Å²) < 4.78 is 12.3. The van der Waals surface area contributed by atoms with Crippen molar-refractivity contribution in [3.63, 3.8) is 0 Å². The van der Waals surface area contributed by atoms with E-state index >= 15 is 0 Å². The quantitative estimate of drug-likeness (QED) is 0.669. The van der Waals surface area contributed by atoms with Gasteiger partial charge in [-0.25, -0.2) is 0 Å². The Bertz CT molecular complexity index is 515. The molecule has 2 atom stereocenters. The summed E-state index contributed by atoms with van der Waals surface area (Å²) in [4.78, 5) is 22.3. The van der Waals surface area contributed by atoms with Gasteiger partial charge in [-0.3, -0.25) is 19.1 Å². The molecule has 7 heteroatoms. The number of non-ortho nitro benzene ring substituents is 1. The Morgan fingerprint density at radius 3 is 2.58 bits per heavy atom. The molecule has 1 fully saturated rings. The highest BCUT2D eigenvalue weighted by molar-refractivity contribution is 7.86. The van der Waals surface area contributed by atoms with Crippen LogP contribution >= 0.6 is 0 Å². The molecule has 1 aliphatic rings. The van der Waals surface area contributed by atoms with Crippen LogP contribution in [0, 0.1) is 10.1 Å². The maximum absolute atomic E-state index is 12.3. The van der Waals surface area contributed by atoms with E-state index < -0.39 is 21.0 Å². The van der Waals surface area contributed by atoms with Gasteiger partial charge in [0.25, 0.3) is 5.69 Å². The van der Waals surface area contributed by atoms with E-state index in [1.54, 1.807) is 0 Å². The van der Waals surface area contributed by atoms with Crippen LogP contribution < -0.4 is 5.32 Å². The van der Waals surface area contributed by atoms with E-state index in [4.69, 9.17) is 0 Å². The molecule has 6 nitrogen and oxygen atoms in total. The number of nitrogens with one attached hydrogen (secondary N) is 1. The molecule has 1 aliphatic heterocycles. The molecular weight excluding hydrogens is 268 g/mol. The van der Waals surface area contributed by atoms with Crippen LogP contribution in [-0.2, 0) is 15.6 Å². The van der Waals surface area contributed by atoms with Gasteiger partial charge in [0, 0.05) is 23.6 Å². The fourth-order valence-corrected chi connectivity index (χ4v) is 3.37. The van der Waals surface area contributed by atoms with Crippen LogP contribution in [0.25, 0.3) is 0 Å². The largest absolute Gasteiger partial charge is 0.355 e. The molecule has 1 aromatic rings. The fourth-order valence-electron chi connectivity index (χ4n) is 1.98. The smallest absolute Gasteiger partial charge is 0.269 e. The molecular formula is C12H14N2O4S. The van der Waals surface area contributed by atoms with Gasteiger partial charge in [-0.1, -0.05) is 0 Å². The summed E-state index contributed by atoms with van der Waals surface area (Å²) in [7, 11) is -1.47. The van der Waals surface area contributed by atoms with Gasteiger partial charge < -0.3 is 5.32 Å². The minimum Gasteiger partial charge on any atom is -0.355 e. The molecule has 0 saturated carbocycles. The van der Waals surface area contributed by atoms with E-state index in [0.717, 1.165) is 12.8 Å². The maximum atomic E-state index is 12.3. The van der Waals surface area contributed by atoms with E-state index in [1.807, 2.05) is 0 Å². The molecule has 1 heterocycles. The number of carbonyl (C=O) groups excluding carboxylic acids is 1. The number of hydrogen-bond donors (Lipinski definition) is 1. The van der Waals surface area contributed by atoms with Gasteiger partial charge >= 0.3 is 0 Å². The van der Waals surface area contributed by atoms with Gasteiger partial charge in [0.15, 0.2) is 0 Å². The minimum absolute atomic E-state index is 0.0499. The highest BCUT2D eigenvalue weighted by Crippen LogP contribution is 2.20. The Labute approximate surface area is 112 Å². The Morgan fingerprint density at radius 1 is 1.26 bits per heavy atom. The topological polar surface area (TPSA) is 89.3 Å². The van der Waals surface area contributed by atoms with E-state index in [9.17, 15) is 19.1 Å². The van der Waals surface area contributed by atoms with Crippen molar-refractivity contribution in [3.05, 3.63) is 34.4 Å². The molecule has 2 unspecified atom stereocenters. The van der Waals surface area contributed by atoms with Gasteiger partial charge in [0.1, 0.15) is 5.25 Å². The third kappa shape index (κ3) is 3.17. The van der Waals surface area contributed by atoms with Gasteiger partial charge in [-0.05, 0) is 31.4 Å². The lowest BCUT2D eigenvalue weighted by atomic mass is 10.2. The Hall–Kier alpha value is -1.76. The first-order chi connectivity index (χ1) is 9.09. The number of carbonyl (C=O) groups is 1. The summed E-state index contributed by atoms with van der Waals surface area (Å²) in [6, 6.07) is 5.52. The standard InChI is InChI=1S/C12H14N2O4S/c15-12-11(3-1-2-8-13-12)19(18)10-6-4-9(5-7-10)14(16)17/h4-7,11H,1-3,8H2,(H,13,15). The molecule has 2 rings (SSSR count). The molecule has 0 radical (unpaired) electrons. The number of benzene rings is 1. The Morgan fingerprint density at radius 2 is 1.95 bits per heavy atom. The van der Waals surface area contributed by atoms with E-state index in [-0.39, 0.29) is 11.6 Å². The van der Waals surface area contributed by atoms with Crippen LogP contribution in [0.2, 0.25) is 0 Å². The van der Waals surface area contributed by atoms with Gasteiger partial charge in [-0.2, -0.15) is 0 Å². The molecule has 0 spiro atoms. The van der Waals surface area contributed by atoms with E-state index in [1.165, 1.54) is 24.3 Å². The number of nitro groups is 1. The normalized spacial score (nSPS) is 21.3. The summed E-state index contributed by atoms with van der Waals surface area (Å²) in [6.07, 6.45) is 2.32. The lowest BCUT2D eigenvalue weighted by Crippen LogP contribution is -2.35. The zero-order valence-electron chi connectivity index (χ0n) is 10.2. The van der Waals surface area contributed by atoms with Crippen molar-refractivity contribution in [2.75, 3.05) is 6.54 Å². The summed E-state index contributed by atoms with van der Waals surface area (Å²) in [5.41, 5.74) is -0.0499. The molecule has 1 amide bonds. The minimum atomic E-state index is -1.47. The lowest BCUT2D eigenvalue weighted by Gasteiger charge is -2.12. The van der Waals surface area contributed by atoms with Crippen LogP contribution in [0.5, 0.6) is 0 Å². The Kier molecular flexibility index (Phi) is 4.26. The molecule has 1 saturated heterocycles.